The molecule has 0 aliphatic rings. The molecule has 2 aromatic carbocycles. The highest BCUT2D eigenvalue weighted by Gasteiger charge is 2.11. The molecule has 0 bridgehead atoms. The highest BCUT2D eigenvalue weighted by atomic mass is 19.1. The van der Waals surface area contributed by atoms with Crippen LogP contribution in [0.3, 0.4) is 0 Å². The van der Waals surface area contributed by atoms with E-state index in [0.29, 0.717) is 29.2 Å². The summed E-state index contributed by atoms with van der Waals surface area (Å²) < 4.78 is 15.5. The number of hydrogen-bond donors (Lipinski definition) is 1. The van der Waals surface area contributed by atoms with Crippen LogP contribution in [0.2, 0.25) is 0 Å². The Morgan fingerprint density at radius 3 is 2.62 bits per heavy atom. The number of imidazole rings is 1. The first-order valence-corrected chi connectivity index (χ1v) is 6.76. The van der Waals surface area contributed by atoms with Crippen molar-refractivity contribution >= 4 is 5.82 Å². The number of aromatic nitrogens is 2. The van der Waals surface area contributed by atoms with Gasteiger partial charge in [-0.2, -0.15) is 0 Å². The van der Waals surface area contributed by atoms with Gasteiger partial charge in [-0.1, -0.05) is 42.5 Å². The quantitative estimate of drug-likeness (QED) is 0.796. The lowest BCUT2D eigenvalue weighted by Gasteiger charge is -2.06. The Balaban J connectivity index is 1.93. The summed E-state index contributed by atoms with van der Waals surface area (Å²) in [5.74, 6) is 0.298. The third kappa shape index (κ3) is 2.65. The van der Waals surface area contributed by atoms with E-state index in [0.717, 1.165) is 5.56 Å². The molecule has 0 aliphatic carbocycles. The molecule has 0 amide bonds. The number of nitrogens with zero attached hydrogens (tertiary/aromatic N) is 2. The van der Waals surface area contributed by atoms with Crippen LogP contribution in [0, 0.1) is 12.7 Å². The molecule has 0 saturated carbocycles. The second-order valence-electron chi connectivity index (χ2n) is 5.06. The summed E-state index contributed by atoms with van der Waals surface area (Å²) in [6.07, 6.45) is 1.69. The molecule has 4 heteroatoms. The molecule has 1 aromatic heterocycles. The minimum Gasteiger partial charge on any atom is -0.383 e. The van der Waals surface area contributed by atoms with Crippen LogP contribution in [0.25, 0.3) is 11.3 Å². The summed E-state index contributed by atoms with van der Waals surface area (Å²) >= 11 is 0. The van der Waals surface area contributed by atoms with Crippen LogP contribution < -0.4 is 5.73 Å². The van der Waals surface area contributed by atoms with Crippen molar-refractivity contribution in [2.75, 3.05) is 5.73 Å². The molecule has 0 fully saturated rings. The van der Waals surface area contributed by atoms with Gasteiger partial charge in [-0.15, -0.1) is 0 Å². The fraction of sp³-hybridized carbons (Fsp3) is 0.118. The molecule has 0 spiro atoms. The summed E-state index contributed by atoms with van der Waals surface area (Å²) in [5, 5.41) is 0. The Morgan fingerprint density at radius 2 is 1.90 bits per heavy atom. The zero-order valence-electron chi connectivity index (χ0n) is 11.8. The molecule has 3 nitrogen and oxygen atoms in total. The van der Waals surface area contributed by atoms with Gasteiger partial charge >= 0.3 is 0 Å². The topological polar surface area (TPSA) is 43.8 Å². The van der Waals surface area contributed by atoms with Gasteiger partial charge in [-0.05, 0) is 24.1 Å². The Labute approximate surface area is 122 Å². The van der Waals surface area contributed by atoms with Crippen molar-refractivity contribution in [2.45, 2.75) is 13.5 Å². The predicted octanol–water partition coefficient (Wildman–Crippen LogP) is 3.63. The van der Waals surface area contributed by atoms with E-state index in [9.17, 15) is 4.39 Å². The van der Waals surface area contributed by atoms with Crippen molar-refractivity contribution in [3.05, 3.63) is 71.8 Å². The van der Waals surface area contributed by atoms with Crippen molar-refractivity contribution in [1.29, 1.82) is 0 Å². The summed E-state index contributed by atoms with van der Waals surface area (Å²) in [6.45, 7) is 2.38. The van der Waals surface area contributed by atoms with E-state index in [-0.39, 0.29) is 5.82 Å². The second kappa shape index (κ2) is 5.40. The van der Waals surface area contributed by atoms with Gasteiger partial charge in [-0.25, -0.2) is 9.37 Å². The third-order valence-electron chi connectivity index (χ3n) is 3.52. The number of nitrogen functional groups attached to an aromatic ring is 1. The molecule has 106 valence electrons. The molecule has 0 unspecified atom stereocenters. The van der Waals surface area contributed by atoms with Gasteiger partial charge in [0.1, 0.15) is 17.3 Å². The number of nitrogens with two attached hydrogens (primary N) is 1. The molecule has 0 saturated heterocycles. The van der Waals surface area contributed by atoms with E-state index in [4.69, 9.17) is 5.73 Å². The zero-order chi connectivity index (χ0) is 14.8. The van der Waals surface area contributed by atoms with Crippen LogP contribution in [0.15, 0.2) is 54.9 Å². The lowest BCUT2D eigenvalue weighted by Crippen LogP contribution is -2.03. The summed E-state index contributed by atoms with van der Waals surface area (Å²) in [5.41, 5.74) is 9.22. The number of anilines is 1. The largest absolute Gasteiger partial charge is 0.383 e. The van der Waals surface area contributed by atoms with E-state index in [1.54, 1.807) is 19.3 Å². The Bertz CT molecular complexity index is 763. The highest BCUT2D eigenvalue weighted by Crippen LogP contribution is 2.26. The average Bonchev–Trinajstić information content (AvgIpc) is 2.84. The summed E-state index contributed by atoms with van der Waals surface area (Å²) in [4.78, 5) is 4.32. The molecule has 1 heterocycles. The molecule has 0 radical (unpaired) electrons. The highest BCUT2D eigenvalue weighted by molar-refractivity contribution is 5.70. The van der Waals surface area contributed by atoms with E-state index >= 15 is 0 Å². The molecule has 2 N–H and O–H groups in total. The van der Waals surface area contributed by atoms with Gasteiger partial charge in [-0.3, -0.25) is 0 Å². The maximum absolute atomic E-state index is 13.7. The van der Waals surface area contributed by atoms with Crippen LogP contribution in [0.4, 0.5) is 10.2 Å². The van der Waals surface area contributed by atoms with Crippen LogP contribution in [-0.4, -0.2) is 9.55 Å². The lowest BCUT2D eigenvalue weighted by atomic mass is 10.1. The summed E-state index contributed by atoms with van der Waals surface area (Å²) in [7, 11) is 0. The Morgan fingerprint density at radius 1 is 1.14 bits per heavy atom. The fourth-order valence-corrected chi connectivity index (χ4v) is 2.26. The third-order valence-corrected chi connectivity index (χ3v) is 3.52. The Kier molecular flexibility index (Phi) is 3.44. The minimum absolute atomic E-state index is 0.246. The average molecular weight is 281 g/mol. The van der Waals surface area contributed by atoms with Gasteiger partial charge in [0.05, 0.1) is 12.9 Å². The van der Waals surface area contributed by atoms with Gasteiger partial charge in [0.25, 0.3) is 0 Å². The van der Waals surface area contributed by atoms with Crippen molar-refractivity contribution in [3.8, 4) is 11.3 Å². The first kappa shape index (κ1) is 13.4. The summed E-state index contributed by atoms with van der Waals surface area (Å²) in [6, 6.07) is 15.1. The van der Waals surface area contributed by atoms with Crippen molar-refractivity contribution in [3.63, 3.8) is 0 Å². The van der Waals surface area contributed by atoms with Crippen LogP contribution >= 0.6 is 0 Å². The van der Waals surface area contributed by atoms with E-state index in [1.165, 1.54) is 6.07 Å². The number of halogens is 1. The van der Waals surface area contributed by atoms with Crippen molar-refractivity contribution in [2.24, 2.45) is 0 Å². The van der Waals surface area contributed by atoms with Gasteiger partial charge in [0.15, 0.2) is 0 Å². The molecule has 3 rings (SSSR count). The van der Waals surface area contributed by atoms with Crippen molar-refractivity contribution in [1.82, 2.24) is 9.55 Å². The van der Waals surface area contributed by atoms with E-state index in [2.05, 4.69) is 4.98 Å². The lowest BCUT2D eigenvalue weighted by molar-refractivity contribution is 0.619. The minimum atomic E-state index is -0.246. The molecule has 0 atom stereocenters. The molecular formula is C17H16FN3. The van der Waals surface area contributed by atoms with Gasteiger partial charge in [0.2, 0.25) is 0 Å². The van der Waals surface area contributed by atoms with Gasteiger partial charge in [0, 0.05) is 5.56 Å². The monoisotopic (exact) mass is 281 g/mol. The standard InChI is InChI=1S/C17H16FN3/c1-12-7-8-14(9-15(12)18)16-17(19)21(11-20-16)10-13-5-3-2-4-6-13/h2-9,11H,10,19H2,1H3. The molecule has 21 heavy (non-hydrogen) atoms. The fourth-order valence-electron chi connectivity index (χ4n) is 2.26. The number of aryl methyl sites for hydroxylation is 1. The zero-order valence-corrected chi connectivity index (χ0v) is 11.8. The van der Waals surface area contributed by atoms with Crippen LogP contribution in [-0.2, 0) is 6.54 Å². The Hall–Kier alpha value is -2.62. The molecule has 0 aliphatic heterocycles. The van der Waals surface area contributed by atoms with Gasteiger partial charge < -0.3 is 10.3 Å². The molecular weight excluding hydrogens is 265 g/mol. The molecule has 3 aromatic rings. The maximum atomic E-state index is 13.7. The number of benzene rings is 2. The smallest absolute Gasteiger partial charge is 0.131 e. The van der Waals surface area contributed by atoms with Crippen molar-refractivity contribution < 1.29 is 4.39 Å². The SMILES string of the molecule is Cc1ccc(-c2ncn(Cc3ccccc3)c2N)cc1F. The van der Waals surface area contributed by atoms with E-state index in [1.807, 2.05) is 41.0 Å². The number of rotatable bonds is 3. The first-order valence-electron chi connectivity index (χ1n) is 6.76. The van der Waals surface area contributed by atoms with E-state index < -0.39 is 0 Å². The van der Waals surface area contributed by atoms with Crippen LogP contribution in [0.1, 0.15) is 11.1 Å². The second-order valence-corrected chi connectivity index (χ2v) is 5.06. The predicted molar refractivity (Wildman–Crippen MR) is 82.3 cm³/mol. The van der Waals surface area contributed by atoms with Crippen LogP contribution in [0.5, 0.6) is 0 Å². The maximum Gasteiger partial charge on any atom is 0.131 e. The number of hydrogen-bond acceptors (Lipinski definition) is 2. The first-order chi connectivity index (χ1) is 10.1. The normalized spacial score (nSPS) is 10.8.